The van der Waals surface area contributed by atoms with Gasteiger partial charge in [0.25, 0.3) is 0 Å². The van der Waals surface area contributed by atoms with Gasteiger partial charge in [0.05, 0.1) is 35.4 Å². The number of ether oxygens (including phenoxy) is 3. The number of nitrogens with one attached hydrogen (secondary N) is 3. The topological polar surface area (TPSA) is 113 Å². The van der Waals surface area contributed by atoms with Gasteiger partial charge in [-0.15, -0.1) is 0 Å². The lowest BCUT2D eigenvalue weighted by molar-refractivity contribution is -0.139. The maximum Gasteiger partial charge on any atom is 0.178 e. The Morgan fingerprint density at radius 2 is 1.79 bits per heavy atom. The van der Waals surface area contributed by atoms with Crippen LogP contribution in [-0.2, 0) is 14.2 Å². The summed E-state index contributed by atoms with van der Waals surface area (Å²) in [6.07, 6.45) is 6.89. The average Bonchev–Trinajstić information content (AvgIpc) is 3.40. The highest BCUT2D eigenvalue weighted by molar-refractivity contribution is 6.33. The predicted octanol–water partition coefficient (Wildman–Crippen LogP) is 4.74. The largest absolute Gasteiger partial charge is 0.381 e. The van der Waals surface area contributed by atoms with Crippen LogP contribution in [-0.4, -0.2) is 67.4 Å². The SMILES string of the molecule is CC1(CNC2CCC(Nc3cc(-c4ccc(F)c(NCC5(C#N)CCOCC5)n4)c(Cl)cn3)CC2)OCCO1. The van der Waals surface area contributed by atoms with E-state index in [1.54, 1.807) is 12.3 Å². The summed E-state index contributed by atoms with van der Waals surface area (Å²) in [6.45, 7) is 5.30. The van der Waals surface area contributed by atoms with E-state index in [4.69, 9.17) is 25.8 Å². The zero-order valence-corrected chi connectivity index (χ0v) is 23.0. The molecule has 2 aromatic rings. The summed E-state index contributed by atoms with van der Waals surface area (Å²) in [5.41, 5.74) is 0.599. The number of aromatic nitrogens is 2. The van der Waals surface area contributed by atoms with Gasteiger partial charge in [-0.3, -0.25) is 0 Å². The lowest BCUT2D eigenvalue weighted by Crippen LogP contribution is -2.45. The van der Waals surface area contributed by atoms with Gasteiger partial charge in [-0.25, -0.2) is 14.4 Å². The Hall–Kier alpha value is -2.55. The maximum absolute atomic E-state index is 14.6. The number of pyridine rings is 2. The van der Waals surface area contributed by atoms with Crippen molar-refractivity contribution in [3.05, 3.63) is 35.2 Å². The van der Waals surface area contributed by atoms with Gasteiger partial charge in [0.2, 0.25) is 0 Å². The second kappa shape index (κ2) is 12.3. The molecule has 2 aliphatic heterocycles. The highest BCUT2D eigenvalue weighted by Crippen LogP contribution is 2.33. The van der Waals surface area contributed by atoms with E-state index in [1.165, 1.54) is 6.07 Å². The third-order valence-electron chi connectivity index (χ3n) is 7.95. The highest BCUT2D eigenvalue weighted by atomic mass is 35.5. The Kier molecular flexibility index (Phi) is 8.84. The Morgan fingerprint density at radius 3 is 2.51 bits per heavy atom. The molecule has 2 saturated heterocycles. The first-order valence-corrected chi connectivity index (χ1v) is 14.1. The molecule has 39 heavy (non-hydrogen) atoms. The Labute approximate surface area is 233 Å². The molecule has 2 aromatic heterocycles. The fraction of sp³-hybridized carbons (Fsp3) is 0.607. The first-order chi connectivity index (χ1) is 18.9. The fourth-order valence-corrected chi connectivity index (χ4v) is 5.61. The summed E-state index contributed by atoms with van der Waals surface area (Å²) in [4.78, 5) is 8.99. The zero-order chi connectivity index (χ0) is 27.3. The standard InChI is InChI=1S/C28H36ClFN6O3/c1-27(38-12-13-39-27)17-33-19-2-4-20(5-3-19)35-25-14-21(22(29)15-32-25)24-7-6-23(30)26(36-24)34-18-28(16-31)8-10-37-11-9-28/h6-7,14-15,19-20,33H,2-5,8-13,17-18H2,1H3,(H,32,35)(H,34,36). The van der Waals surface area contributed by atoms with Crippen LogP contribution in [0.15, 0.2) is 24.4 Å². The van der Waals surface area contributed by atoms with Gasteiger partial charge in [-0.05, 0) is 63.6 Å². The number of hydrogen-bond acceptors (Lipinski definition) is 9. The molecule has 4 heterocycles. The Bertz CT molecular complexity index is 1170. The molecule has 0 radical (unpaired) electrons. The van der Waals surface area contributed by atoms with Gasteiger partial charge in [-0.1, -0.05) is 11.6 Å². The van der Waals surface area contributed by atoms with Crippen molar-refractivity contribution >= 4 is 23.2 Å². The summed E-state index contributed by atoms with van der Waals surface area (Å²) in [7, 11) is 0. The van der Waals surface area contributed by atoms with Crippen molar-refractivity contribution in [2.75, 3.05) is 50.2 Å². The summed E-state index contributed by atoms with van der Waals surface area (Å²) < 4.78 is 31.4. The van der Waals surface area contributed by atoms with Crippen LogP contribution in [0.1, 0.15) is 45.4 Å². The van der Waals surface area contributed by atoms with Crippen LogP contribution in [0, 0.1) is 22.6 Å². The summed E-state index contributed by atoms with van der Waals surface area (Å²) in [6, 6.07) is 7.94. The number of anilines is 2. The number of halogens is 2. The number of rotatable bonds is 9. The van der Waals surface area contributed by atoms with E-state index in [2.05, 4.69) is 32.0 Å². The predicted molar refractivity (Wildman–Crippen MR) is 147 cm³/mol. The molecule has 11 heteroatoms. The Balaban J connectivity index is 1.20. The van der Waals surface area contributed by atoms with Gasteiger partial charge in [-0.2, -0.15) is 5.26 Å². The molecule has 0 spiro atoms. The number of nitriles is 1. The van der Waals surface area contributed by atoms with Gasteiger partial charge < -0.3 is 30.2 Å². The quantitative estimate of drug-likeness (QED) is 0.401. The van der Waals surface area contributed by atoms with Crippen molar-refractivity contribution in [1.82, 2.24) is 15.3 Å². The lowest BCUT2D eigenvalue weighted by atomic mass is 9.82. The molecule has 1 aliphatic carbocycles. The minimum Gasteiger partial charge on any atom is -0.381 e. The number of hydrogen-bond donors (Lipinski definition) is 3. The molecule has 0 bridgehead atoms. The van der Waals surface area contributed by atoms with Crippen LogP contribution >= 0.6 is 11.6 Å². The molecule has 0 atom stereocenters. The van der Waals surface area contributed by atoms with E-state index >= 15 is 0 Å². The van der Waals surface area contributed by atoms with Crippen molar-refractivity contribution < 1.29 is 18.6 Å². The van der Waals surface area contributed by atoms with Gasteiger partial charge in [0.15, 0.2) is 17.4 Å². The molecule has 0 amide bonds. The van der Waals surface area contributed by atoms with Crippen LogP contribution < -0.4 is 16.0 Å². The second-order valence-corrected chi connectivity index (χ2v) is 11.2. The minimum absolute atomic E-state index is 0.101. The van der Waals surface area contributed by atoms with Crippen molar-refractivity contribution in [1.29, 1.82) is 5.26 Å². The molecular formula is C28H36ClFN6O3. The number of nitrogens with zero attached hydrogens (tertiary/aromatic N) is 3. The monoisotopic (exact) mass is 558 g/mol. The molecule has 0 aromatic carbocycles. The van der Waals surface area contributed by atoms with Crippen molar-refractivity contribution in [2.24, 2.45) is 5.41 Å². The van der Waals surface area contributed by atoms with E-state index in [9.17, 15) is 9.65 Å². The van der Waals surface area contributed by atoms with E-state index in [0.717, 1.165) is 25.7 Å². The lowest BCUT2D eigenvalue weighted by Gasteiger charge is -2.32. The molecule has 210 valence electrons. The van der Waals surface area contributed by atoms with Crippen LogP contribution in [0.4, 0.5) is 16.0 Å². The van der Waals surface area contributed by atoms with Crippen molar-refractivity contribution in [2.45, 2.75) is 63.3 Å². The zero-order valence-electron chi connectivity index (χ0n) is 22.3. The third kappa shape index (κ3) is 6.97. The minimum atomic E-state index is -0.599. The molecule has 3 N–H and O–H groups in total. The van der Waals surface area contributed by atoms with Crippen LogP contribution in [0.25, 0.3) is 11.3 Å². The second-order valence-electron chi connectivity index (χ2n) is 10.8. The average molecular weight is 559 g/mol. The van der Waals surface area contributed by atoms with E-state index in [0.29, 0.717) is 86.5 Å². The molecule has 0 unspecified atom stereocenters. The normalized spacial score (nSPS) is 24.2. The van der Waals surface area contributed by atoms with Gasteiger partial charge in [0.1, 0.15) is 5.82 Å². The maximum atomic E-state index is 14.6. The molecule has 5 rings (SSSR count). The smallest absolute Gasteiger partial charge is 0.178 e. The fourth-order valence-electron chi connectivity index (χ4n) is 5.41. The van der Waals surface area contributed by atoms with Gasteiger partial charge >= 0.3 is 0 Å². The first kappa shape index (κ1) is 28.0. The molecule has 3 aliphatic rings. The Morgan fingerprint density at radius 1 is 1.08 bits per heavy atom. The van der Waals surface area contributed by atoms with Crippen molar-refractivity contribution in [3.8, 4) is 17.3 Å². The van der Waals surface area contributed by atoms with Crippen LogP contribution in [0.2, 0.25) is 5.02 Å². The third-order valence-corrected chi connectivity index (χ3v) is 8.25. The molecular weight excluding hydrogens is 523 g/mol. The van der Waals surface area contributed by atoms with E-state index in [-0.39, 0.29) is 5.82 Å². The highest BCUT2D eigenvalue weighted by Gasteiger charge is 2.33. The van der Waals surface area contributed by atoms with E-state index in [1.807, 2.05) is 13.0 Å². The summed E-state index contributed by atoms with van der Waals surface area (Å²) in [5, 5.41) is 20.3. The van der Waals surface area contributed by atoms with Crippen LogP contribution in [0.3, 0.4) is 0 Å². The molecule has 9 nitrogen and oxygen atoms in total. The van der Waals surface area contributed by atoms with E-state index < -0.39 is 17.0 Å². The van der Waals surface area contributed by atoms with Crippen molar-refractivity contribution in [3.63, 3.8) is 0 Å². The first-order valence-electron chi connectivity index (χ1n) is 13.7. The van der Waals surface area contributed by atoms with Crippen LogP contribution in [0.5, 0.6) is 0 Å². The molecule has 1 saturated carbocycles. The summed E-state index contributed by atoms with van der Waals surface area (Å²) in [5.74, 6) is -0.195. The van der Waals surface area contributed by atoms with Gasteiger partial charge in [0, 0.05) is 50.1 Å². The summed E-state index contributed by atoms with van der Waals surface area (Å²) >= 11 is 6.50. The molecule has 3 fully saturated rings.